The van der Waals surface area contributed by atoms with Crippen LogP contribution in [-0.2, 0) is 0 Å². The molecular weight excluding hydrogens is 184 g/mol. The second kappa shape index (κ2) is 3.34. The van der Waals surface area contributed by atoms with E-state index >= 15 is 0 Å². The molecule has 76 valence electrons. The number of hydrogen-bond acceptors (Lipinski definition) is 3. The van der Waals surface area contributed by atoms with E-state index in [2.05, 4.69) is 0 Å². The van der Waals surface area contributed by atoms with E-state index in [4.69, 9.17) is 15.4 Å². The first kappa shape index (κ1) is 9.08. The molecule has 0 radical (unpaired) electrons. The predicted octanol–water partition coefficient (Wildman–Crippen LogP) is 1.15. The van der Waals surface area contributed by atoms with Crippen molar-refractivity contribution in [2.45, 2.75) is 12.3 Å². The average Bonchev–Trinajstić information content (AvgIpc) is 2.70. The van der Waals surface area contributed by atoms with Crippen molar-refractivity contribution in [1.29, 1.82) is 0 Å². The summed E-state index contributed by atoms with van der Waals surface area (Å²) in [7, 11) is 0. The van der Waals surface area contributed by atoms with E-state index in [1.807, 2.05) is 6.07 Å². The van der Waals surface area contributed by atoms with Crippen molar-refractivity contribution in [2.24, 2.45) is 11.7 Å². The third-order valence-electron chi connectivity index (χ3n) is 2.56. The van der Waals surface area contributed by atoms with Crippen LogP contribution in [0.25, 0.3) is 0 Å². The number of amides is 2. The Labute approximate surface area is 81.1 Å². The Kier molecular flexibility index (Phi) is 2.17. The van der Waals surface area contributed by atoms with Crippen molar-refractivity contribution >= 4 is 6.03 Å². The molecule has 0 aromatic carbocycles. The SMILES string of the molecule is NC(=O)N(O)C[C@@H]1C[C@H]1c1ccoc1. The maximum absolute atomic E-state index is 10.5. The Bertz CT molecular complexity index is 323. The molecule has 1 saturated carbocycles. The Morgan fingerprint density at radius 2 is 2.57 bits per heavy atom. The number of hydrogen-bond donors (Lipinski definition) is 2. The van der Waals surface area contributed by atoms with Crippen LogP contribution >= 0.6 is 0 Å². The van der Waals surface area contributed by atoms with Crippen LogP contribution in [0.3, 0.4) is 0 Å². The van der Waals surface area contributed by atoms with Gasteiger partial charge in [0.15, 0.2) is 0 Å². The van der Waals surface area contributed by atoms with Crippen LogP contribution in [0.4, 0.5) is 4.79 Å². The third kappa shape index (κ3) is 1.72. The molecule has 2 rings (SSSR count). The molecule has 0 saturated heterocycles. The number of furan rings is 1. The minimum Gasteiger partial charge on any atom is -0.472 e. The van der Waals surface area contributed by atoms with Crippen LogP contribution in [-0.4, -0.2) is 22.8 Å². The van der Waals surface area contributed by atoms with Gasteiger partial charge in [-0.3, -0.25) is 5.21 Å². The first-order chi connectivity index (χ1) is 6.68. The Morgan fingerprint density at radius 1 is 1.79 bits per heavy atom. The standard InChI is InChI=1S/C9H12N2O3/c10-9(12)11(13)4-7-3-8(7)6-1-2-14-5-6/h1-2,5,7-8,13H,3-4H2,(H2,10,12)/t7-,8-/m0/s1. The normalized spacial score (nSPS) is 24.6. The Hall–Kier alpha value is -1.49. The summed E-state index contributed by atoms with van der Waals surface area (Å²) >= 11 is 0. The molecule has 0 aliphatic heterocycles. The fourth-order valence-electron chi connectivity index (χ4n) is 1.66. The van der Waals surface area contributed by atoms with Crippen molar-refractivity contribution in [1.82, 2.24) is 5.06 Å². The average molecular weight is 196 g/mol. The van der Waals surface area contributed by atoms with E-state index in [9.17, 15) is 4.79 Å². The number of rotatable bonds is 3. The van der Waals surface area contributed by atoms with Gasteiger partial charge in [-0.15, -0.1) is 0 Å². The van der Waals surface area contributed by atoms with E-state index in [0.717, 1.165) is 12.0 Å². The van der Waals surface area contributed by atoms with Gasteiger partial charge in [-0.05, 0) is 29.9 Å². The zero-order chi connectivity index (χ0) is 10.1. The highest BCUT2D eigenvalue weighted by Gasteiger charge is 2.40. The molecule has 1 aliphatic carbocycles. The summed E-state index contributed by atoms with van der Waals surface area (Å²) in [5, 5.41) is 9.65. The molecule has 2 atom stereocenters. The lowest BCUT2D eigenvalue weighted by atomic mass is 10.2. The zero-order valence-electron chi connectivity index (χ0n) is 7.59. The lowest BCUT2D eigenvalue weighted by Gasteiger charge is -2.10. The number of nitrogens with zero attached hydrogens (tertiary/aromatic N) is 1. The van der Waals surface area contributed by atoms with Crippen molar-refractivity contribution < 1.29 is 14.4 Å². The summed E-state index contributed by atoms with van der Waals surface area (Å²) in [5.74, 6) is 0.688. The largest absolute Gasteiger partial charge is 0.472 e. The summed E-state index contributed by atoms with van der Waals surface area (Å²) in [5.41, 5.74) is 6.01. The maximum atomic E-state index is 10.5. The van der Waals surface area contributed by atoms with Crippen molar-refractivity contribution in [2.75, 3.05) is 6.54 Å². The van der Waals surface area contributed by atoms with Crippen LogP contribution in [0.2, 0.25) is 0 Å². The van der Waals surface area contributed by atoms with Crippen molar-refractivity contribution in [3.63, 3.8) is 0 Å². The molecule has 1 aromatic heterocycles. The van der Waals surface area contributed by atoms with E-state index in [1.54, 1.807) is 12.5 Å². The highest BCUT2D eigenvalue weighted by atomic mass is 16.5. The topological polar surface area (TPSA) is 79.7 Å². The van der Waals surface area contributed by atoms with Gasteiger partial charge in [0, 0.05) is 0 Å². The lowest BCUT2D eigenvalue weighted by molar-refractivity contribution is -0.0431. The second-order valence-corrected chi connectivity index (χ2v) is 3.58. The van der Waals surface area contributed by atoms with Crippen LogP contribution in [0.5, 0.6) is 0 Å². The van der Waals surface area contributed by atoms with Gasteiger partial charge < -0.3 is 10.2 Å². The number of urea groups is 1. The number of hydroxylamine groups is 2. The molecule has 0 bridgehead atoms. The van der Waals surface area contributed by atoms with E-state index in [1.165, 1.54) is 0 Å². The minimum absolute atomic E-state index is 0.296. The summed E-state index contributed by atoms with van der Waals surface area (Å²) in [6, 6.07) is 1.10. The number of nitrogens with two attached hydrogens (primary N) is 1. The van der Waals surface area contributed by atoms with E-state index in [0.29, 0.717) is 23.4 Å². The maximum Gasteiger partial charge on any atom is 0.338 e. The van der Waals surface area contributed by atoms with E-state index < -0.39 is 6.03 Å². The highest BCUT2D eigenvalue weighted by molar-refractivity contribution is 5.70. The number of carbonyl (C=O) groups is 1. The molecule has 14 heavy (non-hydrogen) atoms. The Morgan fingerprint density at radius 3 is 3.14 bits per heavy atom. The van der Waals surface area contributed by atoms with Crippen LogP contribution in [0, 0.1) is 5.92 Å². The molecule has 5 heteroatoms. The first-order valence-corrected chi connectivity index (χ1v) is 4.46. The molecule has 2 amide bonds. The summed E-state index contributed by atoms with van der Waals surface area (Å²) < 4.78 is 4.95. The summed E-state index contributed by atoms with van der Waals surface area (Å²) in [6.07, 6.45) is 4.27. The van der Waals surface area contributed by atoms with Crippen LogP contribution in [0.15, 0.2) is 23.0 Å². The summed E-state index contributed by atoms with van der Waals surface area (Å²) in [4.78, 5) is 10.5. The van der Waals surface area contributed by atoms with Gasteiger partial charge in [0.25, 0.3) is 0 Å². The predicted molar refractivity (Wildman–Crippen MR) is 47.6 cm³/mol. The Balaban J connectivity index is 1.85. The van der Waals surface area contributed by atoms with Gasteiger partial charge in [-0.1, -0.05) is 0 Å². The molecule has 1 aromatic rings. The third-order valence-corrected chi connectivity index (χ3v) is 2.56. The molecule has 1 aliphatic rings. The lowest BCUT2D eigenvalue weighted by Crippen LogP contribution is -2.34. The van der Waals surface area contributed by atoms with Gasteiger partial charge in [0.2, 0.25) is 0 Å². The van der Waals surface area contributed by atoms with Gasteiger partial charge in [-0.25, -0.2) is 9.86 Å². The fraction of sp³-hybridized carbons (Fsp3) is 0.444. The molecule has 0 spiro atoms. The van der Waals surface area contributed by atoms with E-state index in [-0.39, 0.29) is 0 Å². The van der Waals surface area contributed by atoms with Gasteiger partial charge >= 0.3 is 6.03 Å². The molecule has 1 heterocycles. The molecular formula is C9H12N2O3. The smallest absolute Gasteiger partial charge is 0.338 e. The zero-order valence-corrected chi connectivity index (χ0v) is 7.59. The van der Waals surface area contributed by atoms with Gasteiger partial charge in [0.1, 0.15) is 0 Å². The number of primary amides is 1. The quantitative estimate of drug-likeness (QED) is 0.562. The molecule has 5 nitrogen and oxygen atoms in total. The fourth-order valence-corrected chi connectivity index (χ4v) is 1.66. The van der Waals surface area contributed by atoms with Crippen molar-refractivity contribution in [3.8, 4) is 0 Å². The van der Waals surface area contributed by atoms with Gasteiger partial charge in [-0.2, -0.15) is 0 Å². The molecule has 1 fully saturated rings. The second-order valence-electron chi connectivity index (χ2n) is 3.58. The summed E-state index contributed by atoms with van der Waals surface area (Å²) in [6.45, 7) is 0.297. The van der Waals surface area contributed by atoms with Crippen LogP contribution < -0.4 is 5.73 Å². The van der Waals surface area contributed by atoms with Crippen molar-refractivity contribution in [3.05, 3.63) is 24.2 Å². The monoisotopic (exact) mass is 196 g/mol. The number of carbonyl (C=O) groups excluding carboxylic acids is 1. The molecule has 3 N–H and O–H groups in total. The van der Waals surface area contributed by atoms with Crippen LogP contribution in [0.1, 0.15) is 17.9 Å². The molecule has 0 unspecified atom stereocenters. The highest BCUT2D eigenvalue weighted by Crippen LogP contribution is 2.47. The minimum atomic E-state index is -0.803. The van der Waals surface area contributed by atoms with Gasteiger partial charge in [0.05, 0.1) is 19.1 Å². The first-order valence-electron chi connectivity index (χ1n) is 4.46.